The highest BCUT2D eigenvalue weighted by Crippen LogP contribution is 2.25. The Morgan fingerprint density at radius 1 is 1.07 bits per heavy atom. The van der Waals surface area contributed by atoms with Gasteiger partial charge < -0.3 is 15.6 Å². The van der Waals surface area contributed by atoms with Gasteiger partial charge in [-0.3, -0.25) is 14.9 Å². The number of imidazole rings is 1. The van der Waals surface area contributed by atoms with Gasteiger partial charge in [0, 0.05) is 34.6 Å². The van der Waals surface area contributed by atoms with E-state index in [1.165, 1.54) is 6.92 Å². The number of carbonyl (C=O) groups excluding carboxylic acids is 2. The normalized spacial score (nSPS) is 10.7. The highest BCUT2D eigenvalue weighted by molar-refractivity contribution is 6.35. The number of carbonyl (C=O) groups is 2. The van der Waals surface area contributed by atoms with Crippen molar-refractivity contribution < 1.29 is 9.59 Å². The zero-order valence-electron chi connectivity index (χ0n) is 15.9. The van der Waals surface area contributed by atoms with Gasteiger partial charge in [-0.25, -0.2) is 4.98 Å². The highest BCUT2D eigenvalue weighted by Gasteiger charge is 2.15. The Morgan fingerprint density at radius 2 is 1.77 bits per heavy atom. The highest BCUT2D eigenvalue weighted by atomic mass is 35.5. The second-order valence-electron chi connectivity index (χ2n) is 6.56. The minimum atomic E-state index is -0.343. The van der Waals surface area contributed by atoms with E-state index in [2.05, 4.69) is 15.6 Å². The first kappa shape index (κ1) is 22.0. The predicted molar refractivity (Wildman–Crippen MR) is 120 cm³/mol. The van der Waals surface area contributed by atoms with E-state index in [0.29, 0.717) is 38.6 Å². The Kier molecular flexibility index (Phi) is 6.87. The van der Waals surface area contributed by atoms with E-state index in [9.17, 15) is 9.59 Å². The van der Waals surface area contributed by atoms with Gasteiger partial charge in [0.1, 0.15) is 6.54 Å². The molecule has 0 radical (unpaired) electrons. The van der Waals surface area contributed by atoms with E-state index in [1.807, 2.05) is 0 Å². The summed E-state index contributed by atoms with van der Waals surface area (Å²) in [6, 6.07) is 9.98. The van der Waals surface area contributed by atoms with Crippen LogP contribution in [0.4, 0.5) is 17.3 Å². The number of nitrogens with zero attached hydrogens (tertiary/aromatic N) is 2. The van der Waals surface area contributed by atoms with Gasteiger partial charge in [0.15, 0.2) is 0 Å². The quantitative estimate of drug-likeness (QED) is 0.461. The zero-order valence-corrected chi connectivity index (χ0v) is 18.1. The lowest BCUT2D eigenvalue weighted by molar-refractivity contribution is -0.117. The zero-order chi connectivity index (χ0) is 21.8. The fourth-order valence-electron chi connectivity index (χ4n) is 2.79. The molecule has 30 heavy (non-hydrogen) atoms. The van der Waals surface area contributed by atoms with Gasteiger partial charge in [0.25, 0.3) is 0 Å². The molecule has 4 N–H and O–H groups in total. The number of anilines is 3. The third-order valence-electron chi connectivity index (χ3n) is 4.10. The van der Waals surface area contributed by atoms with Gasteiger partial charge in [0.05, 0.1) is 17.1 Å². The van der Waals surface area contributed by atoms with Gasteiger partial charge in [-0.05, 0) is 35.9 Å². The van der Waals surface area contributed by atoms with Crippen molar-refractivity contribution >= 4 is 63.9 Å². The van der Waals surface area contributed by atoms with Crippen molar-refractivity contribution in [1.82, 2.24) is 9.55 Å². The summed E-state index contributed by atoms with van der Waals surface area (Å²) in [5, 5.41) is 6.86. The molecule has 1 heterocycles. The second-order valence-corrected chi connectivity index (χ2v) is 7.84. The lowest BCUT2D eigenvalue weighted by atomic mass is 10.1. The Bertz CT molecular complexity index is 1110. The topological polar surface area (TPSA) is 102 Å². The lowest BCUT2D eigenvalue weighted by Crippen LogP contribution is -2.21. The standard InChI is InChI=1S/C20H18Cl3N5O2/c1-11(29)25-20-26-15(6-12-2-3-13(21)7-16(12)23)9-28(20)10-19(30)27-18-5-4-14(22)8-17(18)24/h2-5,7-9H,6,10,24H2,1H3,(H,27,30)(H,25,26,29). The SMILES string of the molecule is CC(=O)Nc1nc(Cc2ccc(Cl)cc2Cl)cn1CC(=O)Nc1ccc(Cl)cc1N. The van der Waals surface area contributed by atoms with E-state index in [0.717, 1.165) is 5.56 Å². The molecule has 0 unspecified atom stereocenters. The summed E-state index contributed by atoms with van der Waals surface area (Å²) in [4.78, 5) is 28.5. The van der Waals surface area contributed by atoms with Crippen LogP contribution in [0.3, 0.4) is 0 Å². The molecule has 1 aromatic heterocycles. The summed E-state index contributed by atoms with van der Waals surface area (Å²) in [5.41, 5.74) is 8.11. The van der Waals surface area contributed by atoms with Crippen LogP contribution in [0.2, 0.25) is 15.1 Å². The van der Waals surface area contributed by atoms with Crippen LogP contribution in [0.15, 0.2) is 42.6 Å². The van der Waals surface area contributed by atoms with Crippen LogP contribution in [0.1, 0.15) is 18.2 Å². The second kappa shape index (κ2) is 9.38. The molecule has 0 spiro atoms. The van der Waals surface area contributed by atoms with Crippen LogP contribution >= 0.6 is 34.8 Å². The summed E-state index contributed by atoms with van der Waals surface area (Å²) in [6.45, 7) is 1.28. The molecular weight excluding hydrogens is 449 g/mol. The van der Waals surface area contributed by atoms with Gasteiger partial charge >= 0.3 is 0 Å². The van der Waals surface area contributed by atoms with E-state index >= 15 is 0 Å². The maximum atomic E-state index is 12.5. The molecule has 7 nitrogen and oxygen atoms in total. The first-order valence-corrected chi connectivity index (χ1v) is 9.97. The summed E-state index contributed by atoms with van der Waals surface area (Å²) >= 11 is 18.1. The van der Waals surface area contributed by atoms with Crippen LogP contribution in [0.5, 0.6) is 0 Å². The molecule has 0 saturated heterocycles. The average Bonchev–Trinajstić information content (AvgIpc) is 3.00. The van der Waals surface area contributed by atoms with Crippen molar-refractivity contribution in [1.29, 1.82) is 0 Å². The molecule has 3 aromatic rings. The van der Waals surface area contributed by atoms with Crippen LogP contribution in [-0.4, -0.2) is 21.4 Å². The van der Waals surface area contributed by atoms with E-state index in [4.69, 9.17) is 40.5 Å². The van der Waals surface area contributed by atoms with Crippen LogP contribution in [0.25, 0.3) is 0 Å². The Balaban J connectivity index is 1.80. The predicted octanol–water partition coefficient (Wildman–Crippen LogP) is 4.61. The van der Waals surface area contributed by atoms with E-state index in [1.54, 1.807) is 47.2 Å². The molecule has 3 rings (SSSR count). The Hall–Kier alpha value is -2.74. The molecule has 156 valence electrons. The molecule has 0 fully saturated rings. The lowest BCUT2D eigenvalue weighted by Gasteiger charge is -2.10. The molecule has 2 aromatic carbocycles. The fraction of sp³-hybridized carbons (Fsp3) is 0.150. The van der Waals surface area contributed by atoms with Crippen molar-refractivity contribution in [2.24, 2.45) is 0 Å². The summed E-state index contributed by atoms with van der Waals surface area (Å²) < 4.78 is 1.54. The molecule has 0 bridgehead atoms. The smallest absolute Gasteiger partial charge is 0.244 e. The number of amides is 2. The maximum Gasteiger partial charge on any atom is 0.244 e. The van der Waals surface area contributed by atoms with Crippen LogP contribution < -0.4 is 16.4 Å². The van der Waals surface area contributed by atoms with Gasteiger partial charge in [-0.2, -0.15) is 0 Å². The van der Waals surface area contributed by atoms with Crippen molar-refractivity contribution in [3.63, 3.8) is 0 Å². The Morgan fingerprint density at radius 3 is 2.43 bits per heavy atom. The number of benzene rings is 2. The Labute approximate surface area is 188 Å². The molecule has 0 aliphatic heterocycles. The molecule has 0 aliphatic rings. The van der Waals surface area contributed by atoms with Crippen molar-refractivity contribution in [3.8, 4) is 0 Å². The van der Waals surface area contributed by atoms with E-state index in [-0.39, 0.29) is 24.3 Å². The number of hydrogen-bond acceptors (Lipinski definition) is 4. The number of nitrogens with one attached hydrogen (secondary N) is 2. The average molecular weight is 467 g/mol. The largest absolute Gasteiger partial charge is 0.397 e. The number of hydrogen-bond donors (Lipinski definition) is 3. The molecule has 0 saturated carbocycles. The first-order valence-electron chi connectivity index (χ1n) is 8.83. The molecule has 0 aliphatic carbocycles. The molecule has 10 heteroatoms. The number of nitrogens with two attached hydrogens (primary N) is 1. The molecular formula is C20H18Cl3N5O2. The van der Waals surface area contributed by atoms with Crippen molar-refractivity contribution in [3.05, 3.63) is 68.9 Å². The van der Waals surface area contributed by atoms with Crippen LogP contribution in [-0.2, 0) is 22.6 Å². The van der Waals surface area contributed by atoms with Crippen LogP contribution in [0, 0.1) is 0 Å². The molecule has 2 amide bonds. The third kappa shape index (κ3) is 5.66. The monoisotopic (exact) mass is 465 g/mol. The maximum absolute atomic E-state index is 12.5. The number of rotatable bonds is 6. The minimum Gasteiger partial charge on any atom is -0.397 e. The van der Waals surface area contributed by atoms with Gasteiger partial charge in [-0.15, -0.1) is 0 Å². The van der Waals surface area contributed by atoms with Gasteiger partial charge in [0.2, 0.25) is 17.8 Å². The minimum absolute atomic E-state index is 0.0843. The van der Waals surface area contributed by atoms with E-state index < -0.39 is 0 Å². The first-order chi connectivity index (χ1) is 14.2. The fourth-order valence-corrected chi connectivity index (χ4v) is 3.44. The van der Waals surface area contributed by atoms with Crippen molar-refractivity contribution in [2.75, 3.05) is 16.4 Å². The molecule has 0 atom stereocenters. The van der Waals surface area contributed by atoms with Gasteiger partial charge in [-0.1, -0.05) is 40.9 Å². The third-order valence-corrected chi connectivity index (χ3v) is 4.92. The number of halogens is 3. The summed E-state index contributed by atoms with van der Waals surface area (Å²) in [6.07, 6.45) is 2.09. The number of aromatic nitrogens is 2. The van der Waals surface area contributed by atoms with Crippen molar-refractivity contribution in [2.45, 2.75) is 19.9 Å². The number of nitrogen functional groups attached to an aromatic ring is 1. The summed E-state index contributed by atoms with van der Waals surface area (Å²) in [7, 11) is 0. The summed E-state index contributed by atoms with van der Waals surface area (Å²) in [5.74, 6) is -0.397.